The number of sulfonamides is 1. The molecule has 1 atom stereocenters. The molecular weight excluding hydrogens is 498 g/mol. The van der Waals surface area contributed by atoms with Gasteiger partial charge in [0, 0.05) is 18.1 Å². The highest BCUT2D eigenvalue weighted by atomic mass is 35.5. The lowest BCUT2D eigenvalue weighted by molar-refractivity contribution is -0.139. The SMILES string of the molecule is CCNC(=O)[C@@H](C)N(Cc1ccc(Cl)cc1)C(=O)CN(c1ccccc1)S(=O)(=O)c1ccc(C)cc1. The Morgan fingerprint density at radius 2 is 1.56 bits per heavy atom. The molecule has 3 aromatic rings. The number of benzene rings is 3. The molecule has 0 bridgehead atoms. The first-order valence-electron chi connectivity index (χ1n) is 11.6. The molecule has 7 nitrogen and oxygen atoms in total. The lowest BCUT2D eigenvalue weighted by atomic mass is 10.1. The van der Waals surface area contributed by atoms with Crippen LogP contribution in [0.15, 0.2) is 83.8 Å². The molecule has 0 saturated carbocycles. The Kier molecular flexibility index (Phi) is 9.12. The predicted molar refractivity (Wildman–Crippen MR) is 142 cm³/mol. The summed E-state index contributed by atoms with van der Waals surface area (Å²) in [6.07, 6.45) is 0. The van der Waals surface area contributed by atoms with Gasteiger partial charge in [0.15, 0.2) is 0 Å². The van der Waals surface area contributed by atoms with E-state index in [1.807, 2.05) is 6.92 Å². The zero-order chi connectivity index (χ0) is 26.3. The van der Waals surface area contributed by atoms with E-state index < -0.39 is 28.5 Å². The quantitative estimate of drug-likeness (QED) is 0.423. The van der Waals surface area contributed by atoms with E-state index in [0.717, 1.165) is 15.4 Å². The number of carbonyl (C=O) groups is 2. The summed E-state index contributed by atoms with van der Waals surface area (Å²) in [5, 5.41) is 3.29. The van der Waals surface area contributed by atoms with Crippen molar-refractivity contribution in [2.75, 3.05) is 17.4 Å². The summed E-state index contributed by atoms with van der Waals surface area (Å²) in [6, 6.07) is 21.0. The van der Waals surface area contributed by atoms with Gasteiger partial charge in [-0.3, -0.25) is 13.9 Å². The second-order valence-corrected chi connectivity index (χ2v) is 10.7. The number of hydrogen-bond acceptors (Lipinski definition) is 4. The molecule has 9 heteroatoms. The molecule has 0 radical (unpaired) electrons. The minimum atomic E-state index is -4.07. The van der Waals surface area contributed by atoms with Crippen molar-refractivity contribution < 1.29 is 18.0 Å². The average Bonchev–Trinajstić information content (AvgIpc) is 2.87. The van der Waals surface area contributed by atoms with Crippen molar-refractivity contribution in [3.05, 3.63) is 95.0 Å². The fraction of sp³-hybridized carbons (Fsp3) is 0.259. The summed E-state index contributed by atoms with van der Waals surface area (Å²) in [7, 11) is -4.07. The molecule has 0 aromatic heterocycles. The number of rotatable bonds is 10. The Bertz CT molecular complexity index is 1280. The van der Waals surface area contributed by atoms with Crippen LogP contribution in [0.1, 0.15) is 25.0 Å². The first-order valence-corrected chi connectivity index (χ1v) is 13.4. The van der Waals surface area contributed by atoms with E-state index >= 15 is 0 Å². The minimum Gasteiger partial charge on any atom is -0.355 e. The molecule has 1 N–H and O–H groups in total. The molecule has 2 amide bonds. The Hall–Kier alpha value is -3.36. The number of anilines is 1. The van der Waals surface area contributed by atoms with Gasteiger partial charge in [-0.1, -0.05) is 59.6 Å². The largest absolute Gasteiger partial charge is 0.355 e. The molecule has 36 heavy (non-hydrogen) atoms. The van der Waals surface area contributed by atoms with E-state index in [2.05, 4.69) is 5.32 Å². The molecule has 0 aliphatic carbocycles. The van der Waals surface area contributed by atoms with Gasteiger partial charge in [-0.05, 0) is 62.7 Å². The summed E-state index contributed by atoms with van der Waals surface area (Å²) >= 11 is 6.00. The lowest BCUT2D eigenvalue weighted by Crippen LogP contribution is -2.51. The summed E-state index contributed by atoms with van der Waals surface area (Å²) in [5.41, 5.74) is 2.03. The maximum atomic E-state index is 13.7. The highest BCUT2D eigenvalue weighted by Gasteiger charge is 2.32. The molecule has 3 aromatic carbocycles. The number of nitrogens with zero attached hydrogens (tertiary/aromatic N) is 2. The van der Waals surface area contributed by atoms with Crippen molar-refractivity contribution in [3.8, 4) is 0 Å². The molecule has 0 aliphatic rings. The van der Waals surface area contributed by atoms with E-state index in [9.17, 15) is 18.0 Å². The van der Waals surface area contributed by atoms with Crippen LogP contribution >= 0.6 is 11.6 Å². The Morgan fingerprint density at radius 1 is 0.944 bits per heavy atom. The van der Waals surface area contributed by atoms with Crippen LogP contribution in [-0.4, -0.2) is 44.3 Å². The van der Waals surface area contributed by atoms with Crippen LogP contribution in [-0.2, 0) is 26.2 Å². The van der Waals surface area contributed by atoms with Gasteiger partial charge in [0.1, 0.15) is 12.6 Å². The highest BCUT2D eigenvalue weighted by Crippen LogP contribution is 2.24. The van der Waals surface area contributed by atoms with E-state index in [1.165, 1.54) is 17.0 Å². The summed E-state index contributed by atoms with van der Waals surface area (Å²) in [4.78, 5) is 27.8. The number of carbonyl (C=O) groups excluding carboxylic acids is 2. The molecule has 0 aliphatic heterocycles. The van der Waals surface area contributed by atoms with Crippen molar-refractivity contribution in [3.63, 3.8) is 0 Å². The van der Waals surface area contributed by atoms with Crippen LogP contribution in [0.2, 0.25) is 5.02 Å². The van der Waals surface area contributed by atoms with Crippen LogP contribution in [0.25, 0.3) is 0 Å². The number of likely N-dealkylation sites (N-methyl/N-ethyl adjacent to an activating group) is 1. The van der Waals surface area contributed by atoms with Gasteiger partial charge < -0.3 is 10.2 Å². The van der Waals surface area contributed by atoms with Crippen molar-refractivity contribution >= 4 is 39.1 Å². The standard InChI is InChI=1S/C27H30ClN3O4S/c1-4-29-27(33)21(3)30(18-22-12-14-23(28)15-13-22)26(32)19-31(24-8-6-5-7-9-24)36(34,35)25-16-10-20(2)11-17-25/h5-17,21H,4,18-19H2,1-3H3,(H,29,33)/t21-/m1/s1. The third-order valence-electron chi connectivity index (χ3n) is 5.72. The highest BCUT2D eigenvalue weighted by molar-refractivity contribution is 7.92. The first kappa shape index (κ1) is 27.2. The summed E-state index contributed by atoms with van der Waals surface area (Å²) < 4.78 is 28.4. The van der Waals surface area contributed by atoms with E-state index in [4.69, 9.17) is 11.6 Å². The molecule has 3 rings (SSSR count). The number of amides is 2. The average molecular weight is 528 g/mol. The number of aryl methyl sites for hydroxylation is 1. The molecule has 0 saturated heterocycles. The van der Waals surface area contributed by atoms with E-state index in [0.29, 0.717) is 17.3 Å². The zero-order valence-electron chi connectivity index (χ0n) is 20.5. The fourth-order valence-electron chi connectivity index (χ4n) is 3.65. The van der Waals surface area contributed by atoms with Crippen LogP contribution in [0, 0.1) is 6.92 Å². The topological polar surface area (TPSA) is 86.8 Å². The van der Waals surface area contributed by atoms with Crippen LogP contribution in [0.5, 0.6) is 0 Å². The minimum absolute atomic E-state index is 0.0748. The Morgan fingerprint density at radius 3 is 2.14 bits per heavy atom. The van der Waals surface area contributed by atoms with Crippen LogP contribution in [0.4, 0.5) is 5.69 Å². The Balaban J connectivity index is 1.99. The van der Waals surface area contributed by atoms with E-state index in [1.54, 1.807) is 80.6 Å². The van der Waals surface area contributed by atoms with Crippen molar-refractivity contribution in [1.29, 1.82) is 0 Å². The van der Waals surface area contributed by atoms with Crippen molar-refractivity contribution in [2.24, 2.45) is 0 Å². The molecule has 0 unspecified atom stereocenters. The van der Waals surface area contributed by atoms with Gasteiger partial charge in [-0.25, -0.2) is 8.42 Å². The maximum absolute atomic E-state index is 13.7. The monoisotopic (exact) mass is 527 g/mol. The van der Waals surface area contributed by atoms with Gasteiger partial charge in [0.05, 0.1) is 10.6 Å². The number of nitrogens with one attached hydrogen (secondary N) is 1. The molecular formula is C27H30ClN3O4S. The van der Waals surface area contributed by atoms with Crippen molar-refractivity contribution in [2.45, 2.75) is 38.3 Å². The molecule has 0 spiro atoms. The van der Waals surface area contributed by atoms with Gasteiger partial charge >= 0.3 is 0 Å². The van der Waals surface area contributed by atoms with Gasteiger partial charge in [0.25, 0.3) is 10.0 Å². The van der Waals surface area contributed by atoms with Crippen molar-refractivity contribution in [1.82, 2.24) is 10.2 Å². The fourth-order valence-corrected chi connectivity index (χ4v) is 5.19. The molecule has 0 heterocycles. The van der Waals surface area contributed by atoms with Crippen LogP contribution < -0.4 is 9.62 Å². The second-order valence-electron chi connectivity index (χ2n) is 8.38. The van der Waals surface area contributed by atoms with Crippen LogP contribution in [0.3, 0.4) is 0 Å². The zero-order valence-corrected chi connectivity index (χ0v) is 22.1. The first-order chi connectivity index (χ1) is 17.1. The smallest absolute Gasteiger partial charge is 0.264 e. The lowest BCUT2D eigenvalue weighted by Gasteiger charge is -2.32. The van der Waals surface area contributed by atoms with E-state index in [-0.39, 0.29) is 17.3 Å². The van der Waals surface area contributed by atoms with Gasteiger partial charge in [-0.2, -0.15) is 0 Å². The maximum Gasteiger partial charge on any atom is 0.264 e. The third-order valence-corrected chi connectivity index (χ3v) is 7.76. The third kappa shape index (κ3) is 6.65. The predicted octanol–water partition coefficient (Wildman–Crippen LogP) is 4.40. The normalized spacial score (nSPS) is 12.0. The molecule has 0 fully saturated rings. The van der Waals surface area contributed by atoms with Gasteiger partial charge in [-0.15, -0.1) is 0 Å². The number of hydrogen-bond donors (Lipinski definition) is 1. The van der Waals surface area contributed by atoms with Gasteiger partial charge in [0.2, 0.25) is 11.8 Å². The number of para-hydroxylation sites is 1. The second kappa shape index (κ2) is 12.1. The summed E-state index contributed by atoms with van der Waals surface area (Å²) in [6.45, 7) is 5.33. The Labute approximate surface area is 217 Å². The molecule has 190 valence electrons. The number of halogens is 1. The summed E-state index contributed by atoms with van der Waals surface area (Å²) in [5.74, 6) is -0.837.